The zero-order chi connectivity index (χ0) is 15.1. The minimum atomic E-state index is -0.868. The van der Waals surface area contributed by atoms with Crippen molar-refractivity contribution in [3.05, 3.63) is 47.0 Å². The molecule has 2 heterocycles. The lowest BCUT2D eigenvalue weighted by Gasteiger charge is -2.02. The number of phenolic OH excluding ortho intramolecular Hbond substituents is 1. The summed E-state index contributed by atoms with van der Waals surface area (Å²) in [7, 11) is 0. The van der Waals surface area contributed by atoms with E-state index in [-0.39, 0.29) is 22.6 Å². The van der Waals surface area contributed by atoms with Gasteiger partial charge in [-0.1, -0.05) is 0 Å². The summed E-state index contributed by atoms with van der Waals surface area (Å²) in [6.45, 7) is 1.40. The summed E-state index contributed by atoms with van der Waals surface area (Å²) < 4.78 is 14.1. The normalized spacial score (nSPS) is 15.1. The van der Waals surface area contributed by atoms with E-state index in [2.05, 4.69) is 10.3 Å². The number of Topliss-reactive ketones (excluding diaryl/α,β-unsaturated/α-hetero) is 1. The van der Waals surface area contributed by atoms with Gasteiger partial charge in [-0.3, -0.25) is 9.59 Å². The molecule has 1 aromatic heterocycles. The molecule has 106 valence electrons. The van der Waals surface area contributed by atoms with Crippen molar-refractivity contribution in [3.63, 3.8) is 0 Å². The van der Waals surface area contributed by atoms with E-state index < -0.39 is 17.5 Å². The van der Waals surface area contributed by atoms with E-state index in [4.69, 9.17) is 0 Å². The fourth-order valence-electron chi connectivity index (χ4n) is 2.33. The molecule has 0 saturated heterocycles. The highest BCUT2D eigenvalue weighted by Crippen LogP contribution is 2.38. The summed E-state index contributed by atoms with van der Waals surface area (Å²) in [5.41, 5.74) is 1.18. The lowest BCUT2D eigenvalue weighted by molar-refractivity contribution is -0.110. The van der Waals surface area contributed by atoms with E-state index in [0.717, 1.165) is 0 Å². The standard InChI is InChI=1S/C15H11FN2O3/c1-7(19)8-4-5-17-11(8)6-9-13-10(18-15(9)21)2-3-12(20)14(13)16/h2-6,17,20H,1H3,(H,18,21)/b9-6-. The molecule has 0 saturated carbocycles. The number of fused-ring (bicyclic) bond motifs is 1. The summed E-state index contributed by atoms with van der Waals surface area (Å²) >= 11 is 0. The molecule has 0 radical (unpaired) electrons. The molecule has 3 N–H and O–H groups in total. The molecule has 0 aliphatic carbocycles. The number of aromatic amines is 1. The lowest BCUT2D eigenvalue weighted by atomic mass is 10.0. The highest BCUT2D eigenvalue weighted by molar-refractivity contribution is 6.35. The molecule has 0 unspecified atom stereocenters. The van der Waals surface area contributed by atoms with E-state index in [1.807, 2.05) is 0 Å². The smallest absolute Gasteiger partial charge is 0.256 e. The minimum absolute atomic E-state index is 0.00380. The molecule has 1 aromatic carbocycles. The Balaban J connectivity index is 2.19. The molecule has 6 heteroatoms. The number of ketones is 1. The van der Waals surface area contributed by atoms with Gasteiger partial charge in [0.15, 0.2) is 17.3 Å². The van der Waals surface area contributed by atoms with E-state index >= 15 is 0 Å². The Hall–Kier alpha value is -2.89. The number of nitrogens with one attached hydrogen (secondary N) is 2. The Bertz CT molecular complexity index is 805. The van der Waals surface area contributed by atoms with E-state index in [1.54, 1.807) is 12.3 Å². The zero-order valence-corrected chi connectivity index (χ0v) is 11.0. The third-order valence-corrected chi connectivity index (χ3v) is 3.33. The number of hydrogen-bond donors (Lipinski definition) is 3. The SMILES string of the molecule is CC(=O)c1cc[nH]c1/C=C1\C(=O)Nc2ccc(O)c(F)c21. The molecule has 3 rings (SSSR count). The van der Waals surface area contributed by atoms with Gasteiger partial charge in [0.2, 0.25) is 0 Å². The number of carbonyl (C=O) groups is 2. The predicted molar refractivity (Wildman–Crippen MR) is 75.4 cm³/mol. The van der Waals surface area contributed by atoms with Gasteiger partial charge in [-0.25, -0.2) is 4.39 Å². The number of rotatable bonds is 2. The summed E-state index contributed by atoms with van der Waals surface area (Å²) in [4.78, 5) is 26.3. The molecule has 1 aliphatic rings. The van der Waals surface area contributed by atoms with Crippen LogP contribution in [0.5, 0.6) is 5.75 Å². The summed E-state index contributed by atoms with van der Waals surface area (Å²) in [5.74, 6) is -2.06. The van der Waals surface area contributed by atoms with Crippen LogP contribution in [0.3, 0.4) is 0 Å². The molecule has 0 atom stereocenters. The van der Waals surface area contributed by atoms with Crippen molar-refractivity contribution in [3.8, 4) is 5.75 Å². The third kappa shape index (κ3) is 2.01. The maximum Gasteiger partial charge on any atom is 0.256 e. The highest BCUT2D eigenvalue weighted by atomic mass is 19.1. The van der Waals surface area contributed by atoms with Gasteiger partial charge < -0.3 is 15.4 Å². The van der Waals surface area contributed by atoms with E-state index in [0.29, 0.717) is 11.3 Å². The largest absolute Gasteiger partial charge is 0.505 e. The number of benzene rings is 1. The van der Waals surface area contributed by atoms with Crippen LogP contribution >= 0.6 is 0 Å². The number of carbonyl (C=O) groups excluding carboxylic acids is 2. The molecule has 2 aromatic rings. The monoisotopic (exact) mass is 286 g/mol. The van der Waals surface area contributed by atoms with Crippen molar-refractivity contribution < 1.29 is 19.1 Å². The molecular weight excluding hydrogens is 275 g/mol. The zero-order valence-electron chi connectivity index (χ0n) is 11.0. The molecule has 21 heavy (non-hydrogen) atoms. The Morgan fingerprint density at radius 1 is 1.33 bits per heavy atom. The van der Waals surface area contributed by atoms with Gasteiger partial charge in [-0.15, -0.1) is 0 Å². The van der Waals surface area contributed by atoms with Crippen LogP contribution in [0.15, 0.2) is 24.4 Å². The topological polar surface area (TPSA) is 82.2 Å². The Morgan fingerprint density at radius 3 is 2.81 bits per heavy atom. The van der Waals surface area contributed by atoms with Gasteiger partial charge in [-0.05, 0) is 31.2 Å². The average Bonchev–Trinajstić information content (AvgIpc) is 3.01. The Kier molecular flexibility index (Phi) is 2.86. The number of H-pyrrole nitrogens is 1. The second-order valence-electron chi connectivity index (χ2n) is 4.69. The molecule has 0 bridgehead atoms. The van der Waals surface area contributed by atoms with Crippen LogP contribution in [0.4, 0.5) is 10.1 Å². The average molecular weight is 286 g/mol. The number of aromatic nitrogens is 1. The number of hydrogen-bond acceptors (Lipinski definition) is 3. The van der Waals surface area contributed by atoms with Gasteiger partial charge >= 0.3 is 0 Å². The highest BCUT2D eigenvalue weighted by Gasteiger charge is 2.29. The van der Waals surface area contributed by atoms with Gasteiger partial charge in [0, 0.05) is 17.5 Å². The van der Waals surface area contributed by atoms with Gasteiger partial charge in [0.1, 0.15) is 0 Å². The molecule has 1 amide bonds. The fraction of sp³-hybridized carbons (Fsp3) is 0.0667. The van der Waals surface area contributed by atoms with Crippen LogP contribution in [0.2, 0.25) is 0 Å². The molecule has 1 aliphatic heterocycles. The first-order chi connectivity index (χ1) is 9.99. The van der Waals surface area contributed by atoms with Crippen molar-refractivity contribution in [1.29, 1.82) is 0 Å². The lowest BCUT2D eigenvalue weighted by Crippen LogP contribution is -2.04. The van der Waals surface area contributed by atoms with Crippen molar-refractivity contribution in [2.45, 2.75) is 6.92 Å². The fourth-order valence-corrected chi connectivity index (χ4v) is 2.33. The van der Waals surface area contributed by atoms with Crippen LogP contribution in [-0.2, 0) is 4.79 Å². The van der Waals surface area contributed by atoms with Gasteiger partial charge in [-0.2, -0.15) is 0 Å². The number of amides is 1. The predicted octanol–water partition coefficient (Wildman–Crippen LogP) is 2.55. The van der Waals surface area contributed by atoms with Crippen LogP contribution in [0.1, 0.15) is 28.5 Å². The molecule has 0 spiro atoms. The number of aromatic hydroxyl groups is 1. The van der Waals surface area contributed by atoms with Crippen LogP contribution < -0.4 is 5.32 Å². The second-order valence-corrected chi connectivity index (χ2v) is 4.69. The van der Waals surface area contributed by atoms with E-state index in [9.17, 15) is 19.1 Å². The first kappa shape index (κ1) is 13.1. The quantitative estimate of drug-likeness (QED) is 0.451. The number of anilines is 1. The van der Waals surface area contributed by atoms with Crippen LogP contribution in [-0.4, -0.2) is 21.8 Å². The first-order valence-corrected chi connectivity index (χ1v) is 6.22. The van der Waals surface area contributed by atoms with Crippen molar-refractivity contribution >= 4 is 29.0 Å². The van der Waals surface area contributed by atoms with Gasteiger partial charge in [0.05, 0.1) is 16.8 Å². The summed E-state index contributed by atoms with van der Waals surface area (Å²) in [6, 6.07) is 4.18. The molecular formula is C15H11FN2O3. The Morgan fingerprint density at radius 2 is 2.10 bits per heavy atom. The van der Waals surface area contributed by atoms with Crippen molar-refractivity contribution in [2.24, 2.45) is 0 Å². The third-order valence-electron chi connectivity index (χ3n) is 3.33. The Labute approximate surface area is 119 Å². The van der Waals surface area contributed by atoms with Crippen molar-refractivity contribution in [2.75, 3.05) is 5.32 Å². The van der Waals surface area contributed by atoms with Gasteiger partial charge in [0.25, 0.3) is 5.91 Å². The van der Waals surface area contributed by atoms with E-state index in [1.165, 1.54) is 25.1 Å². The number of phenols is 1. The maximum absolute atomic E-state index is 14.1. The number of halogens is 1. The summed E-state index contributed by atoms with van der Waals surface area (Å²) in [6.07, 6.45) is 2.97. The van der Waals surface area contributed by atoms with Crippen LogP contribution in [0, 0.1) is 5.82 Å². The minimum Gasteiger partial charge on any atom is -0.505 e. The maximum atomic E-state index is 14.1. The molecule has 5 nitrogen and oxygen atoms in total. The second kappa shape index (κ2) is 4.59. The van der Waals surface area contributed by atoms with Crippen LogP contribution in [0.25, 0.3) is 11.6 Å². The van der Waals surface area contributed by atoms with Crippen molar-refractivity contribution in [1.82, 2.24) is 4.98 Å². The first-order valence-electron chi connectivity index (χ1n) is 6.22. The molecule has 0 fully saturated rings. The summed E-state index contributed by atoms with van der Waals surface area (Å²) in [5, 5.41) is 12.0.